The van der Waals surface area contributed by atoms with Gasteiger partial charge in [0.25, 0.3) is 5.91 Å². The van der Waals surface area contributed by atoms with Gasteiger partial charge in [-0.1, -0.05) is 0 Å². The zero-order valence-electron chi connectivity index (χ0n) is 9.93. The van der Waals surface area contributed by atoms with Crippen LogP contribution in [0.15, 0.2) is 45.5 Å². The largest absolute Gasteiger partial charge is 0.478 e. The van der Waals surface area contributed by atoms with Crippen molar-refractivity contribution in [2.24, 2.45) is 0 Å². The molecule has 5 nitrogen and oxygen atoms in total. The Morgan fingerprint density at radius 1 is 1.15 bits per heavy atom. The fourth-order valence-electron chi connectivity index (χ4n) is 1.45. The van der Waals surface area contributed by atoms with Gasteiger partial charge >= 0.3 is 5.97 Å². The van der Waals surface area contributed by atoms with Gasteiger partial charge in [0.2, 0.25) is 0 Å². The fraction of sp³-hybridized carbons (Fsp3) is 0. The van der Waals surface area contributed by atoms with E-state index in [2.05, 4.69) is 42.2 Å². The second-order valence-corrected chi connectivity index (χ2v) is 5.59. The molecule has 0 bridgehead atoms. The zero-order valence-corrected chi connectivity index (χ0v) is 13.1. The van der Waals surface area contributed by atoms with Crippen molar-refractivity contribution in [2.45, 2.75) is 0 Å². The molecule has 7 heteroatoms. The van der Waals surface area contributed by atoms with E-state index in [-0.39, 0.29) is 11.3 Å². The van der Waals surface area contributed by atoms with Gasteiger partial charge in [-0.2, -0.15) is 0 Å². The maximum Gasteiger partial charge on any atom is 0.335 e. The number of rotatable bonds is 3. The predicted molar refractivity (Wildman–Crippen MR) is 81.0 cm³/mol. The Bertz CT molecular complexity index is 672. The van der Waals surface area contributed by atoms with E-state index in [1.54, 1.807) is 18.2 Å². The molecule has 20 heavy (non-hydrogen) atoms. The summed E-state index contributed by atoms with van der Waals surface area (Å²) >= 11 is 6.49. The number of amides is 1. The van der Waals surface area contributed by atoms with Crippen molar-refractivity contribution >= 4 is 49.4 Å². The van der Waals surface area contributed by atoms with Gasteiger partial charge < -0.3 is 10.4 Å². The summed E-state index contributed by atoms with van der Waals surface area (Å²) in [5, 5.41) is 11.6. The smallest absolute Gasteiger partial charge is 0.335 e. The molecule has 1 aromatic heterocycles. The normalized spacial score (nSPS) is 10.1. The van der Waals surface area contributed by atoms with Gasteiger partial charge in [0.15, 0.2) is 0 Å². The summed E-state index contributed by atoms with van der Waals surface area (Å²) in [7, 11) is 0. The highest BCUT2D eigenvalue weighted by molar-refractivity contribution is 9.10. The Kier molecular flexibility index (Phi) is 4.51. The second-order valence-electron chi connectivity index (χ2n) is 3.82. The molecule has 102 valence electrons. The third kappa shape index (κ3) is 3.43. The first-order valence-corrected chi connectivity index (χ1v) is 7.02. The van der Waals surface area contributed by atoms with E-state index in [0.29, 0.717) is 10.2 Å². The molecule has 0 spiro atoms. The van der Waals surface area contributed by atoms with Gasteiger partial charge in [0.1, 0.15) is 5.69 Å². The Morgan fingerprint density at radius 3 is 2.50 bits per heavy atom. The van der Waals surface area contributed by atoms with E-state index in [1.165, 1.54) is 18.3 Å². The van der Waals surface area contributed by atoms with Crippen LogP contribution in [0.1, 0.15) is 20.8 Å². The third-order valence-corrected chi connectivity index (χ3v) is 3.58. The van der Waals surface area contributed by atoms with Gasteiger partial charge in [0.05, 0.1) is 11.3 Å². The number of aromatic nitrogens is 1. The van der Waals surface area contributed by atoms with Crippen LogP contribution in [0.5, 0.6) is 0 Å². The molecule has 0 aliphatic heterocycles. The van der Waals surface area contributed by atoms with Crippen LogP contribution in [-0.2, 0) is 0 Å². The van der Waals surface area contributed by atoms with Crippen molar-refractivity contribution < 1.29 is 14.7 Å². The Morgan fingerprint density at radius 2 is 1.90 bits per heavy atom. The number of anilines is 1. The monoisotopic (exact) mass is 398 g/mol. The Balaban J connectivity index is 2.25. The maximum atomic E-state index is 12.0. The molecular weight excluding hydrogens is 392 g/mol. The van der Waals surface area contributed by atoms with E-state index in [9.17, 15) is 9.59 Å². The summed E-state index contributed by atoms with van der Waals surface area (Å²) < 4.78 is 1.36. The van der Waals surface area contributed by atoms with E-state index in [4.69, 9.17) is 5.11 Å². The number of carbonyl (C=O) groups is 2. The van der Waals surface area contributed by atoms with Crippen molar-refractivity contribution in [3.63, 3.8) is 0 Å². The van der Waals surface area contributed by atoms with Crippen LogP contribution in [0, 0.1) is 0 Å². The lowest BCUT2D eigenvalue weighted by Crippen LogP contribution is -2.14. The summed E-state index contributed by atoms with van der Waals surface area (Å²) in [6, 6.07) is 7.65. The fourth-order valence-corrected chi connectivity index (χ4v) is 2.03. The minimum absolute atomic E-state index is 0.0901. The van der Waals surface area contributed by atoms with Crippen molar-refractivity contribution in [3.8, 4) is 0 Å². The summed E-state index contributed by atoms with van der Waals surface area (Å²) in [5.74, 6) is -1.48. The molecule has 1 amide bonds. The number of aromatic carboxylic acids is 1. The van der Waals surface area contributed by atoms with Gasteiger partial charge in [-0.05, 0) is 62.2 Å². The molecule has 2 aromatic rings. The van der Waals surface area contributed by atoms with E-state index >= 15 is 0 Å². The molecule has 0 unspecified atom stereocenters. The van der Waals surface area contributed by atoms with Crippen LogP contribution in [0.25, 0.3) is 0 Å². The number of pyridine rings is 1. The minimum Gasteiger partial charge on any atom is -0.478 e. The number of carbonyl (C=O) groups excluding carboxylic acids is 1. The highest BCUT2D eigenvalue weighted by atomic mass is 79.9. The quantitative estimate of drug-likeness (QED) is 0.826. The molecule has 2 N–H and O–H groups in total. The average Bonchev–Trinajstić information content (AvgIpc) is 2.41. The molecule has 0 aliphatic carbocycles. The number of hydrogen-bond donors (Lipinski definition) is 2. The molecule has 0 saturated heterocycles. The number of carboxylic acid groups (broad SMARTS) is 1. The van der Waals surface area contributed by atoms with Crippen LogP contribution in [0.4, 0.5) is 5.69 Å². The van der Waals surface area contributed by atoms with Crippen LogP contribution < -0.4 is 5.32 Å². The van der Waals surface area contributed by atoms with Crippen LogP contribution in [0.3, 0.4) is 0 Å². The molecule has 0 radical (unpaired) electrons. The molecule has 0 fully saturated rings. The summed E-state index contributed by atoms with van der Waals surface area (Å²) in [6.45, 7) is 0. The molecular formula is C13H8Br2N2O3. The lowest BCUT2D eigenvalue weighted by atomic mass is 10.2. The number of halogens is 2. The molecule has 1 aromatic carbocycles. The van der Waals surface area contributed by atoms with E-state index in [0.717, 1.165) is 4.47 Å². The molecule has 1 heterocycles. The van der Waals surface area contributed by atoms with Crippen molar-refractivity contribution in [2.75, 3.05) is 5.32 Å². The van der Waals surface area contributed by atoms with E-state index < -0.39 is 11.9 Å². The number of benzene rings is 1. The van der Waals surface area contributed by atoms with Gasteiger partial charge in [-0.15, -0.1) is 0 Å². The summed E-state index contributed by atoms with van der Waals surface area (Å²) in [6.07, 6.45) is 1.51. The molecule has 2 rings (SSSR count). The van der Waals surface area contributed by atoms with E-state index in [1.807, 2.05) is 0 Å². The van der Waals surface area contributed by atoms with Crippen molar-refractivity contribution in [1.29, 1.82) is 0 Å². The first-order valence-electron chi connectivity index (χ1n) is 5.43. The average molecular weight is 400 g/mol. The van der Waals surface area contributed by atoms with Gasteiger partial charge in [-0.25, -0.2) is 9.78 Å². The Hall–Kier alpha value is -1.73. The van der Waals surface area contributed by atoms with Crippen LogP contribution in [0.2, 0.25) is 0 Å². The standard InChI is InChI=1S/C13H8Br2N2O3/c14-8-2-4-10(16-6-8)12(18)17-11-5-7(13(19)20)1-3-9(11)15/h1-6H,(H,17,18)(H,19,20). The summed E-state index contributed by atoms with van der Waals surface area (Å²) in [4.78, 5) is 26.9. The third-order valence-electron chi connectivity index (χ3n) is 2.42. The first-order chi connectivity index (χ1) is 9.47. The van der Waals surface area contributed by atoms with Crippen molar-refractivity contribution in [3.05, 3.63) is 56.7 Å². The molecule has 0 atom stereocenters. The van der Waals surface area contributed by atoms with Gasteiger partial charge in [0, 0.05) is 15.1 Å². The number of nitrogens with zero attached hydrogens (tertiary/aromatic N) is 1. The van der Waals surface area contributed by atoms with Crippen molar-refractivity contribution in [1.82, 2.24) is 4.98 Å². The number of carboxylic acids is 1. The number of hydrogen-bond acceptors (Lipinski definition) is 3. The molecule has 0 aliphatic rings. The number of nitrogens with one attached hydrogen (secondary N) is 1. The second kappa shape index (κ2) is 6.15. The SMILES string of the molecule is O=C(O)c1ccc(Br)c(NC(=O)c2ccc(Br)cn2)c1. The maximum absolute atomic E-state index is 12.0. The zero-order chi connectivity index (χ0) is 14.7. The first kappa shape index (κ1) is 14.7. The summed E-state index contributed by atoms with van der Waals surface area (Å²) in [5.41, 5.74) is 0.702. The van der Waals surface area contributed by atoms with Crippen LogP contribution in [-0.4, -0.2) is 22.0 Å². The highest BCUT2D eigenvalue weighted by Crippen LogP contribution is 2.24. The van der Waals surface area contributed by atoms with Gasteiger partial charge in [-0.3, -0.25) is 4.79 Å². The van der Waals surface area contributed by atoms with Crippen LogP contribution >= 0.6 is 31.9 Å². The topological polar surface area (TPSA) is 79.3 Å². The lowest BCUT2D eigenvalue weighted by molar-refractivity contribution is 0.0696. The minimum atomic E-state index is -1.06. The molecule has 0 saturated carbocycles. The lowest BCUT2D eigenvalue weighted by Gasteiger charge is -2.08. The Labute approximate surface area is 131 Å². The predicted octanol–water partition coefficient (Wildman–Crippen LogP) is 3.56. The highest BCUT2D eigenvalue weighted by Gasteiger charge is 2.12.